The van der Waals surface area contributed by atoms with Gasteiger partial charge >= 0.3 is 0 Å². The predicted octanol–water partition coefficient (Wildman–Crippen LogP) is 0.484. The minimum absolute atomic E-state index is 0.0226. The van der Waals surface area contributed by atoms with Crippen LogP contribution in [-0.2, 0) is 4.79 Å². The molecule has 0 unspecified atom stereocenters. The van der Waals surface area contributed by atoms with Crippen LogP contribution < -0.4 is 16.4 Å². The van der Waals surface area contributed by atoms with Crippen molar-refractivity contribution in [1.82, 2.24) is 21.0 Å². The Labute approximate surface area is 119 Å². The van der Waals surface area contributed by atoms with Crippen LogP contribution in [0.25, 0.3) is 10.8 Å². The van der Waals surface area contributed by atoms with Crippen molar-refractivity contribution in [1.29, 1.82) is 0 Å². The van der Waals surface area contributed by atoms with Crippen LogP contribution in [-0.4, -0.2) is 22.0 Å². The fraction of sp³-hybridized carbons (Fsp3) is 0.286. The third-order valence-corrected chi connectivity index (χ3v) is 3.69. The van der Waals surface area contributed by atoms with E-state index in [1.165, 1.54) is 0 Å². The third-order valence-electron chi connectivity index (χ3n) is 3.69. The number of rotatable bonds is 2. The number of hydrogen-bond acceptors (Lipinski definition) is 4. The van der Waals surface area contributed by atoms with Gasteiger partial charge in [-0.15, -0.1) is 0 Å². The number of nitrogens with zero attached hydrogens (tertiary/aromatic N) is 1. The van der Waals surface area contributed by atoms with Crippen molar-refractivity contribution in [2.45, 2.75) is 19.3 Å². The summed E-state index contributed by atoms with van der Waals surface area (Å²) in [6, 6.07) is 6.67. The first kappa shape index (κ1) is 13.3. The molecule has 1 heterocycles. The number of fused-ring (bicyclic) bond motifs is 1. The number of hydrazine groups is 1. The molecule has 0 radical (unpaired) electrons. The minimum Gasteiger partial charge on any atom is -0.273 e. The van der Waals surface area contributed by atoms with Crippen LogP contribution in [0.1, 0.15) is 29.8 Å². The largest absolute Gasteiger partial charge is 0.290 e. The fourth-order valence-corrected chi connectivity index (χ4v) is 2.24. The second kappa shape index (κ2) is 5.35. The molecule has 108 valence electrons. The number of aromatic nitrogens is 2. The van der Waals surface area contributed by atoms with Crippen molar-refractivity contribution < 1.29 is 9.59 Å². The van der Waals surface area contributed by atoms with Crippen molar-refractivity contribution in [2.75, 3.05) is 0 Å². The third kappa shape index (κ3) is 2.49. The molecular formula is C14H14N4O3. The number of carbonyl (C=O) groups excluding carboxylic acids is 2. The average Bonchev–Trinajstić information content (AvgIpc) is 2.44. The Morgan fingerprint density at radius 3 is 2.52 bits per heavy atom. The maximum absolute atomic E-state index is 12.1. The predicted molar refractivity (Wildman–Crippen MR) is 75.3 cm³/mol. The molecule has 3 rings (SSSR count). The van der Waals surface area contributed by atoms with E-state index in [4.69, 9.17) is 0 Å². The van der Waals surface area contributed by atoms with Gasteiger partial charge in [-0.05, 0) is 18.9 Å². The summed E-state index contributed by atoms with van der Waals surface area (Å²) in [5.41, 5.74) is 4.44. The van der Waals surface area contributed by atoms with Crippen LogP contribution in [0.3, 0.4) is 0 Å². The molecule has 1 fully saturated rings. The summed E-state index contributed by atoms with van der Waals surface area (Å²) >= 11 is 0. The van der Waals surface area contributed by atoms with E-state index < -0.39 is 5.91 Å². The number of nitrogens with one attached hydrogen (secondary N) is 3. The lowest BCUT2D eigenvalue weighted by molar-refractivity contribution is -0.128. The van der Waals surface area contributed by atoms with Crippen LogP contribution in [0.5, 0.6) is 0 Å². The van der Waals surface area contributed by atoms with Gasteiger partial charge in [-0.2, -0.15) is 5.10 Å². The maximum Gasteiger partial charge on any atom is 0.290 e. The zero-order valence-corrected chi connectivity index (χ0v) is 11.2. The standard InChI is InChI=1S/C14H14N4O3/c19-12(8-4-3-5-8)16-18-14(21)11-9-6-1-2-7-10(9)13(20)17-15-11/h1-2,6-8H,3-5H2,(H,16,19)(H,17,20)(H,18,21). The highest BCUT2D eigenvalue weighted by Crippen LogP contribution is 2.25. The van der Waals surface area contributed by atoms with Crippen molar-refractivity contribution in [2.24, 2.45) is 5.92 Å². The Hall–Kier alpha value is -2.70. The first-order chi connectivity index (χ1) is 10.2. The normalized spacial score (nSPS) is 14.5. The fourth-order valence-electron chi connectivity index (χ4n) is 2.24. The highest BCUT2D eigenvalue weighted by atomic mass is 16.2. The average molecular weight is 286 g/mol. The topological polar surface area (TPSA) is 104 Å². The van der Waals surface area contributed by atoms with Crippen LogP contribution in [0, 0.1) is 5.92 Å². The summed E-state index contributed by atoms with van der Waals surface area (Å²) in [5, 5.41) is 6.86. The molecule has 0 aliphatic heterocycles. The molecule has 2 amide bonds. The molecule has 1 aromatic heterocycles. The van der Waals surface area contributed by atoms with E-state index in [9.17, 15) is 14.4 Å². The molecule has 1 aliphatic carbocycles. The number of hydrogen-bond donors (Lipinski definition) is 3. The van der Waals surface area contributed by atoms with E-state index >= 15 is 0 Å². The molecule has 2 aromatic rings. The Balaban J connectivity index is 1.80. The van der Waals surface area contributed by atoms with Gasteiger partial charge in [0.05, 0.1) is 5.39 Å². The zero-order valence-electron chi connectivity index (χ0n) is 11.2. The van der Waals surface area contributed by atoms with Crippen molar-refractivity contribution >= 4 is 22.6 Å². The number of H-pyrrole nitrogens is 1. The Morgan fingerprint density at radius 2 is 1.86 bits per heavy atom. The monoisotopic (exact) mass is 286 g/mol. The van der Waals surface area contributed by atoms with Gasteiger partial charge in [0.1, 0.15) is 0 Å². The van der Waals surface area contributed by atoms with E-state index in [0.29, 0.717) is 10.8 Å². The molecule has 7 nitrogen and oxygen atoms in total. The molecule has 0 saturated heterocycles. The van der Waals surface area contributed by atoms with Gasteiger partial charge in [0.25, 0.3) is 11.5 Å². The highest BCUT2D eigenvalue weighted by molar-refractivity contribution is 6.05. The Bertz CT molecular complexity index is 764. The molecule has 7 heteroatoms. The van der Waals surface area contributed by atoms with Gasteiger partial charge < -0.3 is 0 Å². The SMILES string of the molecule is O=C(NNC(=O)C1CCC1)c1n[nH]c(=O)c2ccccc12. The molecule has 1 aliphatic rings. The molecule has 0 bridgehead atoms. The molecule has 21 heavy (non-hydrogen) atoms. The summed E-state index contributed by atoms with van der Waals surface area (Å²) in [5.74, 6) is -0.774. The Morgan fingerprint density at radius 1 is 1.14 bits per heavy atom. The van der Waals surface area contributed by atoms with Crippen molar-refractivity contribution in [3.63, 3.8) is 0 Å². The van der Waals surface area contributed by atoms with Crippen molar-refractivity contribution in [3.8, 4) is 0 Å². The number of amides is 2. The second-order valence-corrected chi connectivity index (χ2v) is 5.02. The van der Waals surface area contributed by atoms with Gasteiger partial charge in [0.15, 0.2) is 5.69 Å². The number of aromatic amines is 1. The van der Waals surface area contributed by atoms with E-state index in [2.05, 4.69) is 21.0 Å². The summed E-state index contributed by atoms with van der Waals surface area (Å²) < 4.78 is 0. The smallest absolute Gasteiger partial charge is 0.273 e. The molecule has 0 spiro atoms. The molecule has 0 atom stereocenters. The van der Waals surface area contributed by atoms with Gasteiger partial charge in [0, 0.05) is 11.3 Å². The van der Waals surface area contributed by atoms with E-state index in [-0.39, 0.29) is 23.1 Å². The zero-order chi connectivity index (χ0) is 14.8. The minimum atomic E-state index is -0.560. The van der Waals surface area contributed by atoms with Gasteiger partial charge in [-0.1, -0.05) is 24.6 Å². The number of benzene rings is 1. The molecule has 1 saturated carbocycles. The lowest BCUT2D eigenvalue weighted by atomic mass is 9.85. The van der Waals surface area contributed by atoms with Gasteiger partial charge in [-0.25, -0.2) is 5.10 Å². The van der Waals surface area contributed by atoms with Crippen molar-refractivity contribution in [3.05, 3.63) is 40.3 Å². The lowest BCUT2D eigenvalue weighted by Crippen LogP contribution is -2.46. The summed E-state index contributed by atoms with van der Waals surface area (Å²) in [4.78, 5) is 35.4. The van der Waals surface area contributed by atoms with Crippen LogP contribution in [0.2, 0.25) is 0 Å². The van der Waals surface area contributed by atoms with Crippen LogP contribution in [0.4, 0.5) is 0 Å². The van der Waals surface area contributed by atoms with Crippen LogP contribution in [0.15, 0.2) is 29.1 Å². The molecular weight excluding hydrogens is 272 g/mol. The highest BCUT2D eigenvalue weighted by Gasteiger charge is 2.25. The lowest BCUT2D eigenvalue weighted by Gasteiger charge is -2.23. The van der Waals surface area contributed by atoms with Gasteiger partial charge in [0.2, 0.25) is 5.91 Å². The van der Waals surface area contributed by atoms with Gasteiger partial charge in [-0.3, -0.25) is 25.2 Å². The van der Waals surface area contributed by atoms with E-state index in [1.54, 1.807) is 24.3 Å². The maximum atomic E-state index is 12.1. The first-order valence-corrected chi connectivity index (χ1v) is 6.74. The summed E-state index contributed by atoms with van der Waals surface area (Å²) in [6.07, 6.45) is 2.74. The summed E-state index contributed by atoms with van der Waals surface area (Å²) in [6.45, 7) is 0. The Kier molecular flexibility index (Phi) is 3.39. The van der Waals surface area contributed by atoms with E-state index in [1.807, 2.05) is 0 Å². The van der Waals surface area contributed by atoms with Crippen LogP contribution >= 0.6 is 0 Å². The second-order valence-electron chi connectivity index (χ2n) is 5.02. The van der Waals surface area contributed by atoms with E-state index in [0.717, 1.165) is 19.3 Å². The molecule has 3 N–H and O–H groups in total. The quantitative estimate of drug-likeness (QED) is 0.699. The summed E-state index contributed by atoms with van der Waals surface area (Å²) in [7, 11) is 0. The first-order valence-electron chi connectivity index (χ1n) is 6.74. The number of carbonyl (C=O) groups is 2. The molecule has 1 aromatic carbocycles.